The lowest BCUT2D eigenvalue weighted by atomic mass is 10.2. The molecule has 13 heavy (non-hydrogen) atoms. The van der Waals surface area contributed by atoms with Crippen LogP contribution in [-0.4, -0.2) is 31.7 Å². The molecule has 2 aliphatic rings. The van der Waals surface area contributed by atoms with Crippen molar-refractivity contribution in [1.82, 2.24) is 5.32 Å². The summed E-state index contributed by atoms with van der Waals surface area (Å²) >= 11 is 0. The van der Waals surface area contributed by atoms with Crippen LogP contribution in [0.5, 0.6) is 0 Å². The van der Waals surface area contributed by atoms with E-state index >= 15 is 0 Å². The molecule has 1 saturated carbocycles. The number of hydrogen-bond donors (Lipinski definition) is 1. The second-order valence-corrected chi connectivity index (χ2v) is 3.99. The van der Waals surface area contributed by atoms with Crippen LogP contribution in [-0.2, 0) is 4.74 Å². The standard InChI is InChI=1S/C9H15F2NO/c10-9(11)4-7(9)5-13-6-8-2-1-3-12-8/h7-8,12H,1-6H2. The maximum Gasteiger partial charge on any atom is 0.253 e. The Bertz CT molecular complexity index is 176. The van der Waals surface area contributed by atoms with Crippen molar-refractivity contribution in [1.29, 1.82) is 0 Å². The van der Waals surface area contributed by atoms with E-state index in [0.29, 0.717) is 12.6 Å². The van der Waals surface area contributed by atoms with E-state index in [1.165, 1.54) is 6.42 Å². The summed E-state index contributed by atoms with van der Waals surface area (Å²) in [7, 11) is 0. The highest BCUT2D eigenvalue weighted by Gasteiger charge is 2.56. The summed E-state index contributed by atoms with van der Waals surface area (Å²) in [6, 6.07) is 0.396. The molecule has 0 radical (unpaired) electrons. The van der Waals surface area contributed by atoms with Crippen LogP contribution < -0.4 is 5.32 Å². The average molecular weight is 191 g/mol. The third-order valence-corrected chi connectivity index (χ3v) is 2.76. The molecule has 0 amide bonds. The SMILES string of the molecule is FC1(F)CC1COCC1CCCN1. The molecule has 2 rings (SSSR count). The molecule has 0 aromatic heterocycles. The van der Waals surface area contributed by atoms with Crippen molar-refractivity contribution in [3.8, 4) is 0 Å². The Morgan fingerprint density at radius 2 is 2.15 bits per heavy atom. The van der Waals surface area contributed by atoms with Crippen LogP contribution >= 0.6 is 0 Å². The first-order valence-corrected chi connectivity index (χ1v) is 4.87. The van der Waals surface area contributed by atoms with Crippen molar-refractivity contribution in [2.75, 3.05) is 19.8 Å². The quantitative estimate of drug-likeness (QED) is 0.725. The van der Waals surface area contributed by atoms with Gasteiger partial charge in [-0.25, -0.2) is 8.78 Å². The molecule has 1 aliphatic carbocycles. The monoisotopic (exact) mass is 191 g/mol. The zero-order valence-corrected chi connectivity index (χ0v) is 7.56. The van der Waals surface area contributed by atoms with Gasteiger partial charge >= 0.3 is 0 Å². The van der Waals surface area contributed by atoms with Gasteiger partial charge in [0.15, 0.2) is 0 Å². The summed E-state index contributed by atoms with van der Waals surface area (Å²) in [5.41, 5.74) is 0. The second kappa shape index (κ2) is 3.50. The smallest absolute Gasteiger partial charge is 0.253 e. The van der Waals surface area contributed by atoms with Crippen molar-refractivity contribution >= 4 is 0 Å². The topological polar surface area (TPSA) is 21.3 Å². The maximum absolute atomic E-state index is 12.4. The van der Waals surface area contributed by atoms with Crippen molar-refractivity contribution < 1.29 is 13.5 Å². The minimum atomic E-state index is -2.43. The molecule has 0 bridgehead atoms. The molecule has 2 atom stereocenters. The van der Waals surface area contributed by atoms with E-state index < -0.39 is 11.8 Å². The molecule has 0 aromatic carbocycles. The predicted octanol–water partition coefficient (Wildman–Crippen LogP) is 1.41. The van der Waals surface area contributed by atoms with Gasteiger partial charge in [-0.2, -0.15) is 0 Å². The summed E-state index contributed by atoms with van der Waals surface area (Å²) < 4.78 is 30.0. The van der Waals surface area contributed by atoms with Crippen molar-refractivity contribution in [2.24, 2.45) is 5.92 Å². The summed E-state index contributed by atoms with van der Waals surface area (Å²) in [4.78, 5) is 0. The molecular weight excluding hydrogens is 176 g/mol. The fraction of sp³-hybridized carbons (Fsp3) is 1.00. The Morgan fingerprint density at radius 3 is 2.69 bits per heavy atom. The highest BCUT2D eigenvalue weighted by molar-refractivity contribution is 4.94. The van der Waals surface area contributed by atoms with Gasteiger partial charge in [-0.05, 0) is 19.4 Å². The zero-order chi connectivity index (χ0) is 9.31. The summed E-state index contributed by atoms with van der Waals surface area (Å²) in [6.07, 6.45) is 2.31. The highest BCUT2D eigenvalue weighted by Crippen LogP contribution is 2.48. The Hall–Kier alpha value is -0.220. The number of alkyl halides is 2. The minimum absolute atomic E-state index is 0.0189. The van der Waals surface area contributed by atoms with Gasteiger partial charge in [-0.3, -0.25) is 0 Å². The molecule has 76 valence electrons. The Balaban J connectivity index is 1.54. The normalized spacial score (nSPS) is 36.5. The third-order valence-electron chi connectivity index (χ3n) is 2.76. The fourth-order valence-corrected chi connectivity index (χ4v) is 1.70. The maximum atomic E-state index is 12.4. The van der Waals surface area contributed by atoms with Crippen LogP contribution in [0.15, 0.2) is 0 Å². The lowest BCUT2D eigenvalue weighted by Crippen LogP contribution is -2.27. The van der Waals surface area contributed by atoms with Crippen LogP contribution in [0.4, 0.5) is 8.78 Å². The van der Waals surface area contributed by atoms with Crippen LogP contribution in [0.1, 0.15) is 19.3 Å². The van der Waals surface area contributed by atoms with E-state index in [1.54, 1.807) is 0 Å². The van der Waals surface area contributed by atoms with E-state index in [0.717, 1.165) is 13.0 Å². The van der Waals surface area contributed by atoms with Gasteiger partial charge < -0.3 is 10.1 Å². The number of nitrogens with one attached hydrogen (secondary N) is 1. The van der Waals surface area contributed by atoms with Crippen LogP contribution in [0.3, 0.4) is 0 Å². The van der Waals surface area contributed by atoms with E-state index in [1.807, 2.05) is 0 Å². The molecule has 2 nitrogen and oxygen atoms in total. The Labute approximate surface area is 76.6 Å². The number of halogens is 2. The first-order chi connectivity index (χ1) is 6.18. The first-order valence-electron chi connectivity index (χ1n) is 4.87. The lowest BCUT2D eigenvalue weighted by molar-refractivity contribution is 0.0491. The van der Waals surface area contributed by atoms with Crippen LogP contribution in [0.2, 0.25) is 0 Å². The van der Waals surface area contributed by atoms with Gasteiger partial charge in [-0.1, -0.05) is 0 Å². The van der Waals surface area contributed by atoms with Crippen molar-refractivity contribution in [2.45, 2.75) is 31.2 Å². The van der Waals surface area contributed by atoms with Crippen molar-refractivity contribution in [3.63, 3.8) is 0 Å². The van der Waals surface area contributed by atoms with E-state index in [2.05, 4.69) is 5.32 Å². The zero-order valence-electron chi connectivity index (χ0n) is 7.56. The number of rotatable bonds is 4. The first kappa shape index (κ1) is 9.34. The third kappa shape index (κ3) is 2.38. The van der Waals surface area contributed by atoms with Gasteiger partial charge in [0.25, 0.3) is 5.92 Å². The van der Waals surface area contributed by atoms with Gasteiger partial charge in [0, 0.05) is 12.5 Å². The summed E-state index contributed by atoms with van der Waals surface area (Å²) in [5, 5.41) is 3.26. The molecular formula is C9H15F2NO. The van der Waals surface area contributed by atoms with Gasteiger partial charge in [0.05, 0.1) is 19.1 Å². The predicted molar refractivity (Wildman–Crippen MR) is 44.9 cm³/mol. The van der Waals surface area contributed by atoms with E-state index in [-0.39, 0.29) is 13.0 Å². The molecule has 1 aliphatic heterocycles. The summed E-state index contributed by atoms with van der Waals surface area (Å²) in [5.74, 6) is -2.93. The van der Waals surface area contributed by atoms with Crippen molar-refractivity contribution in [3.05, 3.63) is 0 Å². The Morgan fingerprint density at radius 1 is 1.38 bits per heavy atom. The average Bonchev–Trinajstić information content (AvgIpc) is 2.53. The van der Waals surface area contributed by atoms with Crippen LogP contribution in [0, 0.1) is 5.92 Å². The molecule has 1 N–H and O–H groups in total. The largest absolute Gasteiger partial charge is 0.379 e. The second-order valence-electron chi connectivity index (χ2n) is 3.99. The molecule has 1 saturated heterocycles. The fourth-order valence-electron chi connectivity index (χ4n) is 1.70. The van der Waals surface area contributed by atoms with Crippen LogP contribution in [0.25, 0.3) is 0 Å². The summed E-state index contributed by atoms with van der Waals surface area (Å²) in [6.45, 7) is 1.85. The molecule has 4 heteroatoms. The van der Waals surface area contributed by atoms with Gasteiger partial charge in [-0.15, -0.1) is 0 Å². The van der Waals surface area contributed by atoms with E-state index in [4.69, 9.17) is 4.74 Å². The van der Waals surface area contributed by atoms with Gasteiger partial charge in [0.1, 0.15) is 0 Å². The minimum Gasteiger partial charge on any atom is -0.379 e. The highest BCUT2D eigenvalue weighted by atomic mass is 19.3. The van der Waals surface area contributed by atoms with Gasteiger partial charge in [0.2, 0.25) is 0 Å². The molecule has 1 heterocycles. The number of hydrogen-bond acceptors (Lipinski definition) is 2. The molecule has 2 fully saturated rings. The number of ether oxygens (including phenoxy) is 1. The van der Waals surface area contributed by atoms with E-state index in [9.17, 15) is 8.78 Å². The molecule has 0 aromatic rings. The lowest BCUT2D eigenvalue weighted by Gasteiger charge is -2.10. The molecule has 0 spiro atoms. The molecule has 2 unspecified atom stereocenters. The Kier molecular flexibility index (Phi) is 2.51.